The van der Waals surface area contributed by atoms with E-state index in [2.05, 4.69) is 30.1 Å². The van der Waals surface area contributed by atoms with E-state index in [9.17, 15) is 4.79 Å². The minimum absolute atomic E-state index is 0.239. The molecule has 5 nitrogen and oxygen atoms in total. The van der Waals surface area contributed by atoms with Crippen LogP contribution in [0.5, 0.6) is 5.75 Å². The van der Waals surface area contributed by atoms with E-state index in [0.29, 0.717) is 13.1 Å². The number of amides is 1. The SMILES string of the molecule is CN1CC[C@H](Oc2ccc3c(c2)CN(C(=O)OC(C)(C)C)CC3)C1. The van der Waals surface area contributed by atoms with Crippen molar-refractivity contribution in [3.8, 4) is 5.75 Å². The van der Waals surface area contributed by atoms with Gasteiger partial charge in [-0.1, -0.05) is 6.07 Å². The Hall–Kier alpha value is -1.75. The third-order valence-electron chi connectivity index (χ3n) is 4.49. The van der Waals surface area contributed by atoms with Gasteiger partial charge in [0.25, 0.3) is 0 Å². The van der Waals surface area contributed by atoms with Gasteiger partial charge in [-0.25, -0.2) is 4.79 Å². The summed E-state index contributed by atoms with van der Waals surface area (Å²) in [5, 5.41) is 0. The molecule has 0 radical (unpaired) electrons. The molecule has 1 amide bonds. The maximum Gasteiger partial charge on any atom is 0.410 e. The minimum atomic E-state index is -0.461. The molecule has 3 rings (SSSR count). The molecule has 1 fully saturated rings. The molecule has 0 bridgehead atoms. The van der Waals surface area contributed by atoms with Gasteiger partial charge in [-0.2, -0.15) is 0 Å². The van der Waals surface area contributed by atoms with Gasteiger partial charge >= 0.3 is 6.09 Å². The highest BCUT2D eigenvalue weighted by Gasteiger charge is 2.26. The van der Waals surface area contributed by atoms with Gasteiger partial charge in [-0.15, -0.1) is 0 Å². The molecule has 1 saturated heterocycles. The Morgan fingerprint density at radius 1 is 1.21 bits per heavy atom. The number of hydrogen-bond acceptors (Lipinski definition) is 4. The average Bonchev–Trinajstić information content (AvgIpc) is 2.90. The van der Waals surface area contributed by atoms with Gasteiger partial charge in [-0.3, -0.25) is 0 Å². The second-order valence-electron chi connectivity index (χ2n) is 7.87. The quantitative estimate of drug-likeness (QED) is 0.835. The van der Waals surface area contributed by atoms with Crippen molar-refractivity contribution >= 4 is 6.09 Å². The molecule has 2 aliphatic rings. The van der Waals surface area contributed by atoms with Crippen LogP contribution in [0.25, 0.3) is 0 Å². The number of likely N-dealkylation sites (N-methyl/N-ethyl adjacent to an activating group) is 1. The fraction of sp³-hybridized carbons (Fsp3) is 0.632. The maximum atomic E-state index is 12.3. The van der Waals surface area contributed by atoms with Crippen molar-refractivity contribution in [2.45, 2.75) is 51.9 Å². The van der Waals surface area contributed by atoms with Crippen LogP contribution in [0.15, 0.2) is 18.2 Å². The lowest BCUT2D eigenvalue weighted by molar-refractivity contribution is 0.0223. The van der Waals surface area contributed by atoms with Gasteiger partial charge in [0.15, 0.2) is 0 Å². The molecule has 0 spiro atoms. The number of fused-ring (bicyclic) bond motifs is 1. The minimum Gasteiger partial charge on any atom is -0.489 e. The number of carbonyl (C=O) groups excluding carboxylic acids is 1. The Kier molecular flexibility index (Phi) is 4.72. The molecule has 0 saturated carbocycles. The summed E-state index contributed by atoms with van der Waals surface area (Å²) in [5.41, 5.74) is 2.00. The van der Waals surface area contributed by atoms with Crippen LogP contribution in [0.1, 0.15) is 38.3 Å². The van der Waals surface area contributed by atoms with E-state index >= 15 is 0 Å². The molecule has 2 aliphatic heterocycles. The predicted octanol–water partition coefficient (Wildman–Crippen LogP) is 3.06. The van der Waals surface area contributed by atoms with Crippen LogP contribution in [-0.4, -0.2) is 54.3 Å². The topological polar surface area (TPSA) is 42.0 Å². The number of ether oxygens (including phenoxy) is 2. The van der Waals surface area contributed by atoms with Crippen LogP contribution in [0.3, 0.4) is 0 Å². The van der Waals surface area contributed by atoms with Gasteiger partial charge in [0.2, 0.25) is 0 Å². The third kappa shape index (κ3) is 4.20. The maximum absolute atomic E-state index is 12.3. The first kappa shape index (κ1) is 17.1. The van der Waals surface area contributed by atoms with Crippen LogP contribution >= 0.6 is 0 Å². The summed E-state index contributed by atoms with van der Waals surface area (Å²) in [6.07, 6.45) is 1.95. The first-order valence-corrected chi connectivity index (χ1v) is 8.75. The summed E-state index contributed by atoms with van der Waals surface area (Å²) in [5.74, 6) is 0.903. The standard InChI is InChI=1S/C19H28N2O3/c1-19(2,3)24-18(22)21-10-7-14-5-6-16(11-15(14)12-21)23-17-8-9-20(4)13-17/h5-6,11,17H,7-10,12-13H2,1-4H3/t17-/m0/s1. The van der Waals surface area contributed by atoms with Crippen molar-refractivity contribution in [1.29, 1.82) is 0 Å². The highest BCUT2D eigenvalue weighted by molar-refractivity contribution is 5.68. The lowest BCUT2D eigenvalue weighted by Gasteiger charge is -2.31. The van der Waals surface area contributed by atoms with Crippen LogP contribution < -0.4 is 4.74 Å². The molecule has 1 aromatic carbocycles. The van der Waals surface area contributed by atoms with E-state index < -0.39 is 5.60 Å². The first-order chi connectivity index (χ1) is 11.3. The Balaban J connectivity index is 1.66. The van der Waals surface area contributed by atoms with Crippen molar-refractivity contribution in [2.24, 2.45) is 0 Å². The number of benzene rings is 1. The molecule has 1 atom stereocenters. The number of carbonyl (C=O) groups is 1. The van der Waals surface area contributed by atoms with E-state index in [1.165, 1.54) is 5.56 Å². The van der Waals surface area contributed by atoms with E-state index in [4.69, 9.17) is 9.47 Å². The van der Waals surface area contributed by atoms with Gasteiger partial charge in [0, 0.05) is 26.2 Å². The van der Waals surface area contributed by atoms with Crippen LogP contribution in [0, 0.1) is 0 Å². The zero-order chi connectivity index (χ0) is 17.3. The van der Waals surface area contributed by atoms with Crippen molar-refractivity contribution in [3.63, 3.8) is 0 Å². The summed E-state index contributed by atoms with van der Waals surface area (Å²) >= 11 is 0. The van der Waals surface area contributed by atoms with Gasteiger partial charge in [0.05, 0.1) is 0 Å². The number of rotatable bonds is 2. The van der Waals surface area contributed by atoms with E-state index in [1.54, 1.807) is 4.90 Å². The molecule has 5 heteroatoms. The molecule has 0 aromatic heterocycles. The molecule has 0 aliphatic carbocycles. The molecule has 24 heavy (non-hydrogen) atoms. The molecule has 132 valence electrons. The van der Waals surface area contributed by atoms with Crippen molar-refractivity contribution < 1.29 is 14.3 Å². The highest BCUT2D eigenvalue weighted by Crippen LogP contribution is 2.26. The van der Waals surface area contributed by atoms with Crippen LogP contribution in [0.2, 0.25) is 0 Å². The third-order valence-corrected chi connectivity index (χ3v) is 4.49. The van der Waals surface area contributed by atoms with E-state index in [1.807, 2.05) is 20.8 Å². The molecular formula is C19H28N2O3. The average molecular weight is 332 g/mol. The summed E-state index contributed by atoms with van der Waals surface area (Å²) < 4.78 is 11.6. The van der Waals surface area contributed by atoms with Crippen LogP contribution in [0.4, 0.5) is 4.79 Å². The van der Waals surface area contributed by atoms with E-state index in [-0.39, 0.29) is 12.2 Å². The number of hydrogen-bond donors (Lipinski definition) is 0. The second-order valence-corrected chi connectivity index (χ2v) is 7.87. The smallest absolute Gasteiger partial charge is 0.410 e. The summed E-state index contributed by atoms with van der Waals surface area (Å²) in [7, 11) is 2.12. The Morgan fingerprint density at radius 2 is 2.00 bits per heavy atom. The lowest BCUT2D eigenvalue weighted by Crippen LogP contribution is -2.39. The highest BCUT2D eigenvalue weighted by atomic mass is 16.6. The normalized spacial score (nSPS) is 21.5. The summed E-state index contributed by atoms with van der Waals surface area (Å²) in [4.78, 5) is 16.4. The Bertz CT molecular complexity index is 609. The van der Waals surface area contributed by atoms with Crippen molar-refractivity contribution in [1.82, 2.24) is 9.80 Å². The molecule has 1 aromatic rings. The molecule has 2 heterocycles. The zero-order valence-electron chi connectivity index (χ0n) is 15.2. The number of nitrogens with zero attached hydrogens (tertiary/aromatic N) is 2. The van der Waals surface area contributed by atoms with Crippen LogP contribution in [-0.2, 0) is 17.7 Å². The molecular weight excluding hydrogens is 304 g/mol. The fourth-order valence-electron chi connectivity index (χ4n) is 3.27. The monoisotopic (exact) mass is 332 g/mol. The largest absolute Gasteiger partial charge is 0.489 e. The lowest BCUT2D eigenvalue weighted by atomic mass is 10.00. The number of likely N-dealkylation sites (tertiary alicyclic amines) is 1. The first-order valence-electron chi connectivity index (χ1n) is 8.75. The van der Waals surface area contributed by atoms with Gasteiger partial charge < -0.3 is 19.3 Å². The Labute approximate surface area is 144 Å². The summed E-state index contributed by atoms with van der Waals surface area (Å²) in [6, 6.07) is 6.28. The van der Waals surface area contributed by atoms with E-state index in [0.717, 1.165) is 37.2 Å². The van der Waals surface area contributed by atoms with Crippen molar-refractivity contribution in [3.05, 3.63) is 29.3 Å². The molecule has 0 N–H and O–H groups in total. The summed E-state index contributed by atoms with van der Waals surface area (Å²) in [6.45, 7) is 9.04. The fourth-order valence-corrected chi connectivity index (χ4v) is 3.27. The Morgan fingerprint density at radius 3 is 2.67 bits per heavy atom. The second kappa shape index (κ2) is 6.63. The molecule has 0 unspecified atom stereocenters. The van der Waals surface area contributed by atoms with Gasteiger partial charge in [0.1, 0.15) is 17.5 Å². The predicted molar refractivity (Wildman–Crippen MR) is 93.3 cm³/mol. The van der Waals surface area contributed by atoms with Gasteiger partial charge in [-0.05, 0) is 63.9 Å². The van der Waals surface area contributed by atoms with Crippen molar-refractivity contribution in [2.75, 3.05) is 26.7 Å². The zero-order valence-corrected chi connectivity index (χ0v) is 15.2.